The van der Waals surface area contributed by atoms with Crippen LogP contribution in [-0.2, 0) is 34.8 Å². The second kappa shape index (κ2) is 24.3. The normalized spacial score (nSPS) is 11.2. The second-order valence-electron chi connectivity index (χ2n) is 16.0. The van der Waals surface area contributed by atoms with Crippen LogP contribution >= 0.6 is 29.3 Å². The number of esters is 1. The number of hydrogen-bond donors (Lipinski definition) is 0. The van der Waals surface area contributed by atoms with E-state index in [4.69, 9.17) is 4.74 Å². The van der Waals surface area contributed by atoms with E-state index in [0.29, 0.717) is 12.2 Å². The van der Waals surface area contributed by atoms with E-state index in [-0.39, 0.29) is 5.97 Å². The first-order valence-corrected chi connectivity index (χ1v) is 29.0. The molecule has 0 spiro atoms. The predicted molar refractivity (Wildman–Crippen MR) is 290 cm³/mol. The number of carbonyl (C=O) groups excluding carboxylic acids is 1. The predicted octanol–water partition coefficient (Wildman–Crippen LogP) is 12.7. The van der Waals surface area contributed by atoms with E-state index in [2.05, 4.69) is 267 Å². The van der Waals surface area contributed by atoms with Gasteiger partial charge in [-0.1, -0.05) is 175 Å². The van der Waals surface area contributed by atoms with E-state index in [1.54, 1.807) is 0 Å². The molecule has 0 radical (unpaired) electrons. The zero-order valence-electron chi connectivity index (χ0n) is 37.2. The van der Waals surface area contributed by atoms with Gasteiger partial charge in [-0.15, -0.1) is 28.6 Å². The Hall–Kier alpha value is -5.81. The Morgan fingerprint density at radius 3 is 1.18 bits per heavy atom. The van der Waals surface area contributed by atoms with Crippen LogP contribution in [0.1, 0.15) is 39.5 Å². The number of rotatable bonds is 8. The number of benzene rings is 10. The fourth-order valence-electron chi connectivity index (χ4n) is 8.80. The molecular formula is C61H51BrO2P2Pd+2. The van der Waals surface area contributed by atoms with Gasteiger partial charge in [-0.05, 0) is 115 Å². The maximum absolute atomic E-state index is 12.9. The molecule has 2 nitrogen and oxygen atoms in total. The number of carbonyl (C=O) groups is 1. The van der Waals surface area contributed by atoms with Crippen LogP contribution in [0, 0.1) is 6.07 Å². The summed E-state index contributed by atoms with van der Waals surface area (Å²) in [6.07, 6.45) is 1.56. The summed E-state index contributed by atoms with van der Waals surface area (Å²) in [4.78, 5) is 12.9. The molecule has 10 aromatic carbocycles. The van der Waals surface area contributed by atoms with E-state index in [9.17, 15) is 4.79 Å². The van der Waals surface area contributed by atoms with Crippen molar-refractivity contribution in [3.63, 3.8) is 0 Å². The third-order valence-corrected chi connectivity index (χ3v) is 17.3. The van der Waals surface area contributed by atoms with Crippen LogP contribution < -0.4 is 31.8 Å². The van der Waals surface area contributed by atoms with E-state index in [0.717, 1.165) is 45.5 Å². The molecular weight excluding hydrogens is 1010 g/mol. The van der Waals surface area contributed by atoms with Crippen LogP contribution in [0.25, 0.3) is 21.5 Å². The van der Waals surface area contributed by atoms with Gasteiger partial charge in [0.2, 0.25) is 0 Å². The summed E-state index contributed by atoms with van der Waals surface area (Å²) in [6, 6.07) is 89.5. The van der Waals surface area contributed by atoms with Crippen molar-refractivity contribution >= 4 is 88.6 Å². The zero-order valence-corrected chi connectivity index (χ0v) is 42.4. The quantitative estimate of drug-likeness (QED) is 0.0498. The van der Waals surface area contributed by atoms with Crippen molar-refractivity contribution in [3.8, 4) is 0 Å². The summed E-state index contributed by atoms with van der Waals surface area (Å²) in [5, 5.41) is 12.8. The topological polar surface area (TPSA) is 26.3 Å². The maximum Gasteiger partial charge on any atom is 0.102 e. The minimum atomic E-state index is -0.877. The second-order valence-corrected chi connectivity index (χ2v) is 21.0. The van der Waals surface area contributed by atoms with Crippen molar-refractivity contribution in [2.24, 2.45) is 0 Å². The van der Waals surface area contributed by atoms with Gasteiger partial charge in [0.1, 0.15) is 31.8 Å². The number of hydrogen-bond acceptors (Lipinski definition) is 2. The van der Waals surface area contributed by atoms with Crippen LogP contribution in [0.2, 0.25) is 0 Å². The van der Waals surface area contributed by atoms with Crippen LogP contribution in [0.5, 0.6) is 0 Å². The summed E-state index contributed by atoms with van der Waals surface area (Å²) in [5.74, 6) is -0.234. The molecule has 0 saturated heterocycles. The van der Waals surface area contributed by atoms with E-state index < -0.39 is 15.8 Å². The fourth-order valence-corrected chi connectivity index (χ4v) is 14.0. The Morgan fingerprint density at radius 1 is 0.478 bits per heavy atom. The third-order valence-electron chi connectivity index (χ3n) is 11.8. The maximum atomic E-state index is 12.9. The summed E-state index contributed by atoms with van der Waals surface area (Å²) >= 11 is 5.35. The van der Waals surface area contributed by atoms with Gasteiger partial charge in [-0.3, -0.25) is 0 Å². The minimum absolute atomic E-state index is 0.234. The van der Waals surface area contributed by atoms with Crippen molar-refractivity contribution < 1.29 is 26.7 Å². The van der Waals surface area contributed by atoms with Crippen molar-refractivity contribution in [2.45, 2.75) is 19.8 Å². The fraction of sp³-hybridized carbons (Fsp3) is 0.0656. The molecule has 0 N–H and O–H groups in total. The Bertz CT molecular complexity index is 2810. The van der Waals surface area contributed by atoms with Gasteiger partial charge in [-0.25, -0.2) is 4.79 Å². The third kappa shape index (κ3) is 11.8. The number of halogens is 1. The Kier molecular flexibility index (Phi) is 17.3. The van der Waals surface area contributed by atoms with Crippen molar-refractivity contribution in [3.05, 3.63) is 277 Å². The number of fused-ring (bicyclic) bond motifs is 4. The summed E-state index contributed by atoms with van der Waals surface area (Å²) in [5.41, 5.74) is 5.48. The molecule has 1 aliphatic rings. The van der Waals surface area contributed by atoms with Crippen molar-refractivity contribution in [1.29, 1.82) is 0 Å². The van der Waals surface area contributed by atoms with E-state index in [1.165, 1.54) is 43.0 Å². The van der Waals surface area contributed by atoms with Crippen LogP contribution in [0.15, 0.2) is 243 Å². The van der Waals surface area contributed by atoms with Gasteiger partial charge in [0, 0.05) is 0 Å². The molecule has 0 atom stereocenters. The summed E-state index contributed by atoms with van der Waals surface area (Å²) in [6.45, 7) is 2.23. The van der Waals surface area contributed by atoms with Crippen LogP contribution in [0.3, 0.4) is 0 Å². The molecule has 0 amide bonds. The molecule has 0 heterocycles. The molecule has 0 fully saturated rings. The van der Waals surface area contributed by atoms with Crippen LogP contribution in [0.4, 0.5) is 0 Å². The molecule has 0 saturated carbocycles. The molecule has 0 aromatic heterocycles. The molecule has 10 aromatic rings. The van der Waals surface area contributed by atoms with Gasteiger partial charge >= 0.3 is 36.6 Å². The number of ether oxygens (including phenoxy) is 1. The minimum Gasteiger partial charge on any atom is -0.0620 e. The molecule has 0 unspecified atom stereocenters. The first-order chi connectivity index (χ1) is 33.1. The first-order valence-electron chi connectivity index (χ1n) is 22.5. The van der Waals surface area contributed by atoms with E-state index in [1.807, 2.05) is 19.1 Å². The average Bonchev–Trinajstić information content (AvgIpc) is 3.40. The average molecular weight is 1060 g/mol. The molecule has 332 valence electrons. The molecule has 11 rings (SSSR count). The summed E-state index contributed by atoms with van der Waals surface area (Å²) in [7, 11) is -1.75. The molecule has 0 aliphatic heterocycles. The molecule has 1 aliphatic carbocycles. The first kappa shape index (κ1) is 47.7. The Morgan fingerprint density at radius 2 is 0.806 bits per heavy atom. The van der Waals surface area contributed by atoms with E-state index >= 15 is 0 Å². The molecule has 6 heteroatoms. The summed E-state index contributed by atoms with van der Waals surface area (Å²) < 4.78 is 5.45. The monoisotopic (exact) mass is 1060 g/mol. The van der Waals surface area contributed by atoms with Gasteiger partial charge in [-0.2, -0.15) is 0 Å². The standard InChI is InChI=1S/C25H19O2.2C18H15P.BrH.Pd/c1-2-27-25(26)24-22-14-18-9-5-3-7-16(18)11-20(22)13-21-12-17-8-4-6-10-19(17)15-23(21)24;2*1-4-10-16(11-5-1)19(17-12-6-2-7-13-17)18-14-8-3-9-15-18;;/h3-11,14H,2,12,15H2,1H3;2*1-15H;1H;/q-1;;;;+2/p+1. The Balaban J connectivity index is 0.000000137. The van der Waals surface area contributed by atoms with Crippen molar-refractivity contribution in [2.75, 3.05) is 6.61 Å². The molecule has 67 heavy (non-hydrogen) atoms. The van der Waals surface area contributed by atoms with Gasteiger partial charge < -0.3 is 4.74 Å². The van der Waals surface area contributed by atoms with Gasteiger partial charge in [0.05, 0.1) is 22.5 Å². The van der Waals surface area contributed by atoms with Crippen LogP contribution in [-0.4, -0.2) is 12.6 Å². The van der Waals surface area contributed by atoms with Crippen molar-refractivity contribution in [1.82, 2.24) is 0 Å². The largest absolute Gasteiger partial charge is 0.102 e. The van der Waals surface area contributed by atoms with Gasteiger partial charge in [0.15, 0.2) is 0 Å². The Labute approximate surface area is 415 Å². The smallest absolute Gasteiger partial charge is 0.0620 e. The SMILES string of the molecule is CCOC(=O)c1c2c([c-]c3cc4ccccc4cc13)Cc1ccccc1C2.[Br][Pd+].c1ccc([PH+](c2ccccc2)c2ccccc2)cc1.c1ccc([PH+](c2ccccc2)c2ccccc2)cc1. The molecule has 0 bridgehead atoms. The zero-order chi connectivity index (χ0) is 46.2. The van der Waals surface area contributed by atoms with Gasteiger partial charge in [0.25, 0.3) is 0 Å².